The van der Waals surface area contributed by atoms with Crippen LogP contribution in [-0.4, -0.2) is 72.9 Å². The first-order chi connectivity index (χ1) is 15.6. The van der Waals surface area contributed by atoms with Gasteiger partial charge in [-0.3, -0.25) is 14.9 Å². The molecule has 0 N–H and O–H groups in total. The van der Waals surface area contributed by atoms with Gasteiger partial charge in [-0.25, -0.2) is 8.42 Å². The molecule has 2 heterocycles. The van der Waals surface area contributed by atoms with E-state index in [2.05, 4.69) is 5.16 Å². The summed E-state index contributed by atoms with van der Waals surface area (Å²) in [7, 11) is -3.81. The second-order valence-electron chi connectivity index (χ2n) is 7.84. The van der Waals surface area contributed by atoms with Gasteiger partial charge in [-0.2, -0.15) is 4.31 Å². The number of carbonyl (C=O) groups excluding carboxylic acids is 1. The fourth-order valence-electron chi connectivity index (χ4n) is 4.00. The van der Waals surface area contributed by atoms with Crippen molar-refractivity contribution in [3.05, 3.63) is 45.3 Å². The summed E-state index contributed by atoms with van der Waals surface area (Å²) in [4.78, 5) is 27.3. The number of carbonyl (C=O) groups is 1. The minimum atomic E-state index is -3.81. The first kappa shape index (κ1) is 24.6. The summed E-state index contributed by atoms with van der Waals surface area (Å²) in [6.45, 7) is 9.15. The van der Waals surface area contributed by atoms with Crippen LogP contribution < -0.4 is 4.90 Å². The highest BCUT2D eigenvalue weighted by molar-refractivity contribution is 7.89. The van der Waals surface area contributed by atoms with Crippen LogP contribution in [0.4, 0.5) is 11.4 Å². The van der Waals surface area contributed by atoms with Crippen molar-refractivity contribution in [1.29, 1.82) is 0 Å². The molecule has 1 fully saturated rings. The molecule has 1 aromatic heterocycles. The summed E-state index contributed by atoms with van der Waals surface area (Å²) in [5.41, 5.74) is 1.55. The molecule has 0 aliphatic carbocycles. The van der Waals surface area contributed by atoms with Gasteiger partial charge in [0, 0.05) is 50.9 Å². The van der Waals surface area contributed by atoms with Crippen LogP contribution in [0.2, 0.25) is 0 Å². The Hall–Kier alpha value is -2.99. The lowest BCUT2D eigenvalue weighted by molar-refractivity contribution is -0.384. The molecule has 180 valence electrons. The van der Waals surface area contributed by atoms with Crippen molar-refractivity contribution in [1.82, 2.24) is 14.4 Å². The molecular formula is C21H29N5O6S. The van der Waals surface area contributed by atoms with E-state index in [9.17, 15) is 23.3 Å². The normalized spacial score (nSPS) is 14.7. The lowest BCUT2D eigenvalue weighted by atomic mass is 10.1. The molecule has 1 aromatic carbocycles. The minimum Gasteiger partial charge on any atom is -0.362 e. The first-order valence-electron chi connectivity index (χ1n) is 10.8. The zero-order valence-corrected chi connectivity index (χ0v) is 20.1. The average molecular weight is 480 g/mol. The van der Waals surface area contributed by atoms with E-state index in [1.165, 1.54) is 16.4 Å². The van der Waals surface area contributed by atoms with Crippen LogP contribution in [-0.2, 0) is 21.2 Å². The largest absolute Gasteiger partial charge is 0.362 e. The molecule has 0 radical (unpaired) electrons. The molecule has 0 unspecified atom stereocenters. The molecule has 1 amide bonds. The van der Waals surface area contributed by atoms with Crippen molar-refractivity contribution in [3.8, 4) is 0 Å². The SMILES string of the molecule is CCN(CC)S(=O)(=O)c1ccc(N2CCN(C(=O)Cc3c(C)noc3C)CC2)c([N+](=O)[O-])c1. The second kappa shape index (κ2) is 9.87. The predicted octanol–water partition coefficient (Wildman–Crippen LogP) is 2.12. The number of nitro groups is 1. The molecule has 0 bridgehead atoms. The summed E-state index contributed by atoms with van der Waals surface area (Å²) in [5.74, 6) is 0.564. The monoisotopic (exact) mass is 479 g/mol. The molecule has 12 heteroatoms. The van der Waals surface area contributed by atoms with Crippen LogP contribution in [0.3, 0.4) is 0 Å². The van der Waals surface area contributed by atoms with Crippen molar-refractivity contribution >= 4 is 27.3 Å². The Morgan fingerprint density at radius 2 is 1.82 bits per heavy atom. The number of amides is 1. The van der Waals surface area contributed by atoms with Crippen LogP contribution in [0.25, 0.3) is 0 Å². The van der Waals surface area contributed by atoms with Gasteiger partial charge < -0.3 is 14.3 Å². The van der Waals surface area contributed by atoms with Gasteiger partial charge in [-0.05, 0) is 26.0 Å². The maximum Gasteiger partial charge on any atom is 0.293 e. The molecule has 0 atom stereocenters. The Kier molecular flexibility index (Phi) is 7.38. The number of sulfonamides is 1. The van der Waals surface area contributed by atoms with E-state index in [0.717, 1.165) is 11.6 Å². The zero-order chi connectivity index (χ0) is 24.3. The van der Waals surface area contributed by atoms with Crippen molar-refractivity contribution in [3.63, 3.8) is 0 Å². The van der Waals surface area contributed by atoms with Crippen LogP contribution >= 0.6 is 0 Å². The fourth-order valence-corrected chi connectivity index (χ4v) is 5.48. The molecule has 33 heavy (non-hydrogen) atoms. The second-order valence-corrected chi connectivity index (χ2v) is 9.78. The Morgan fingerprint density at radius 3 is 2.33 bits per heavy atom. The number of nitrogens with zero attached hydrogens (tertiary/aromatic N) is 5. The first-order valence-corrected chi connectivity index (χ1v) is 12.3. The molecule has 0 saturated carbocycles. The van der Waals surface area contributed by atoms with Crippen LogP contribution in [0.1, 0.15) is 30.9 Å². The topological polar surface area (TPSA) is 130 Å². The van der Waals surface area contributed by atoms with Gasteiger partial charge in [0.1, 0.15) is 11.4 Å². The Balaban J connectivity index is 1.75. The number of nitro benzene ring substituents is 1. The molecule has 1 aliphatic heterocycles. The molecule has 2 aromatic rings. The summed E-state index contributed by atoms with van der Waals surface area (Å²) in [5, 5.41) is 15.6. The Bertz CT molecular complexity index is 1110. The van der Waals surface area contributed by atoms with E-state index >= 15 is 0 Å². The predicted molar refractivity (Wildman–Crippen MR) is 122 cm³/mol. The van der Waals surface area contributed by atoms with E-state index in [-0.39, 0.29) is 36.0 Å². The van der Waals surface area contributed by atoms with Crippen molar-refractivity contribution in [2.75, 3.05) is 44.2 Å². The summed E-state index contributed by atoms with van der Waals surface area (Å²) >= 11 is 0. The number of hydrogen-bond acceptors (Lipinski definition) is 8. The third-order valence-electron chi connectivity index (χ3n) is 5.97. The van der Waals surface area contributed by atoms with Crippen molar-refractivity contribution in [2.24, 2.45) is 0 Å². The van der Waals surface area contributed by atoms with Gasteiger partial charge in [0.15, 0.2) is 0 Å². The van der Waals surface area contributed by atoms with Gasteiger partial charge in [-0.1, -0.05) is 19.0 Å². The number of hydrogen-bond donors (Lipinski definition) is 0. The quantitative estimate of drug-likeness (QED) is 0.416. The lowest BCUT2D eigenvalue weighted by Crippen LogP contribution is -2.49. The molecule has 1 saturated heterocycles. The van der Waals surface area contributed by atoms with E-state index in [0.29, 0.717) is 43.3 Å². The highest BCUT2D eigenvalue weighted by Crippen LogP contribution is 2.32. The maximum absolute atomic E-state index is 12.8. The van der Waals surface area contributed by atoms with Gasteiger partial charge in [0.2, 0.25) is 15.9 Å². The van der Waals surface area contributed by atoms with E-state index in [1.54, 1.807) is 32.6 Å². The zero-order valence-electron chi connectivity index (χ0n) is 19.3. The summed E-state index contributed by atoms with van der Waals surface area (Å²) in [6, 6.07) is 4.01. The van der Waals surface area contributed by atoms with E-state index in [1.807, 2.05) is 4.90 Å². The molecule has 3 rings (SSSR count). The number of anilines is 1. The highest BCUT2D eigenvalue weighted by Gasteiger charge is 2.30. The third-order valence-corrected chi connectivity index (χ3v) is 8.01. The average Bonchev–Trinajstić information content (AvgIpc) is 3.11. The van der Waals surface area contributed by atoms with Crippen molar-refractivity contribution < 1.29 is 22.7 Å². The smallest absolute Gasteiger partial charge is 0.293 e. The number of piperazine rings is 1. The van der Waals surface area contributed by atoms with Crippen molar-refractivity contribution in [2.45, 2.75) is 39.0 Å². The van der Waals surface area contributed by atoms with Gasteiger partial charge in [-0.15, -0.1) is 0 Å². The van der Waals surface area contributed by atoms with E-state index < -0.39 is 14.9 Å². The Labute approximate surface area is 193 Å². The van der Waals surface area contributed by atoms with Gasteiger partial charge >= 0.3 is 0 Å². The fraction of sp³-hybridized carbons (Fsp3) is 0.524. The van der Waals surface area contributed by atoms with E-state index in [4.69, 9.17) is 4.52 Å². The molecular weight excluding hydrogens is 450 g/mol. The molecule has 0 spiro atoms. The lowest BCUT2D eigenvalue weighted by Gasteiger charge is -2.36. The number of aromatic nitrogens is 1. The number of benzene rings is 1. The van der Waals surface area contributed by atoms with Crippen LogP contribution in [0.15, 0.2) is 27.6 Å². The Morgan fingerprint density at radius 1 is 1.18 bits per heavy atom. The minimum absolute atomic E-state index is 0.0563. The highest BCUT2D eigenvalue weighted by atomic mass is 32.2. The number of rotatable bonds is 8. The summed E-state index contributed by atoms with van der Waals surface area (Å²) in [6.07, 6.45) is 0.194. The van der Waals surface area contributed by atoms with Crippen LogP contribution in [0.5, 0.6) is 0 Å². The molecule has 1 aliphatic rings. The standard InChI is InChI=1S/C21H29N5O6S/c1-5-25(6-2)33(30,31)17-7-8-19(20(13-17)26(28)29)23-9-11-24(12-10-23)21(27)14-18-15(3)22-32-16(18)4/h7-8,13H,5-6,9-12,14H2,1-4H3. The third kappa shape index (κ3) is 5.01. The maximum atomic E-state index is 12.8. The summed E-state index contributed by atoms with van der Waals surface area (Å²) < 4.78 is 32.0. The van der Waals surface area contributed by atoms with Gasteiger partial charge in [0.05, 0.1) is 21.9 Å². The molecule has 11 nitrogen and oxygen atoms in total. The van der Waals surface area contributed by atoms with Crippen LogP contribution in [0, 0.1) is 24.0 Å². The number of aryl methyl sites for hydroxylation is 2. The van der Waals surface area contributed by atoms with Gasteiger partial charge in [0.25, 0.3) is 5.69 Å².